The Kier molecular flexibility index (Phi) is 4.13. The number of rotatable bonds is 4. The van der Waals surface area contributed by atoms with Gasteiger partial charge in [-0.25, -0.2) is 0 Å². The Labute approximate surface area is 101 Å². The number of ether oxygens (including phenoxy) is 2. The number of hydrogen-bond acceptors (Lipinski definition) is 4. The van der Waals surface area contributed by atoms with Gasteiger partial charge in [-0.15, -0.1) is 6.42 Å². The SMILES string of the molecule is C#C[C@@H]([C@H]1COCO1)N(O)Cc1ccccc1. The maximum absolute atomic E-state index is 9.98. The molecule has 1 aromatic carbocycles. The van der Waals surface area contributed by atoms with Gasteiger partial charge in [-0.1, -0.05) is 36.3 Å². The van der Waals surface area contributed by atoms with E-state index in [0.29, 0.717) is 13.2 Å². The summed E-state index contributed by atoms with van der Waals surface area (Å²) in [6.45, 7) is 1.03. The monoisotopic (exact) mass is 233 g/mol. The Morgan fingerprint density at radius 2 is 2.24 bits per heavy atom. The van der Waals surface area contributed by atoms with Gasteiger partial charge in [0, 0.05) is 0 Å². The molecule has 17 heavy (non-hydrogen) atoms. The molecule has 1 aromatic rings. The Morgan fingerprint density at radius 1 is 1.47 bits per heavy atom. The lowest BCUT2D eigenvalue weighted by Crippen LogP contribution is -2.41. The number of hydroxylamine groups is 2. The third kappa shape index (κ3) is 3.05. The van der Waals surface area contributed by atoms with Crippen LogP contribution in [0.3, 0.4) is 0 Å². The van der Waals surface area contributed by atoms with Crippen molar-refractivity contribution >= 4 is 0 Å². The van der Waals surface area contributed by atoms with Gasteiger partial charge < -0.3 is 14.7 Å². The molecule has 0 radical (unpaired) electrons. The van der Waals surface area contributed by atoms with Gasteiger partial charge in [-0.3, -0.25) is 0 Å². The van der Waals surface area contributed by atoms with Crippen LogP contribution < -0.4 is 0 Å². The average molecular weight is 233 g/mol. The zero-order valence-electron chi connectivity index (χ0n) is 9.45. The Bertz CT molecular complexity index is 381. The highest BCUT2D eigenvalue weighted by Crippen LogP contribution is 2.14. The van der Waals surface area contributed by atoms with Crippen molar-refractivity contribution in [3.05, 3.63) is 35.9 Å². The van der Waals surface area contributed by atoms with Crippen molar-refractivity contribution in [2.24, 2.45) is 0 Å². The molecule has 4 nitrogen and oxygen atoms in total. The molecule has 0 amide bonds. The molecule has 4 heteroatoms. The lowest BCUT2D eigenvalue weighted by atomic mass is 10.1. The molecule has 2 atom stereocenters. The second kappa shape index (κ2) is 5.80. The zero-order valence-corrected chi connectivity index (χ0v) is 9.45. The summed E-state index contributed by atoms with van der Waals surface area (Å²) in [4.78, 5) is 0. The van der Waals surface area contributed by atoms with E-state index in [1.165, 1.54) is 0 Å². The fourth-order valence-corrected chi connectivity index (χ4v) is 1.78. The number of terminal acetylenes is 1. The Hall–Kier alpha value is -1.38. The van der Waals surface area contributed by atoms with Crippen molar-refractivity contribution in [2.45, 2.75) is 18.7 Å². The van der Waals surface area contributed by atoms with E-state index in [2.05, 4.69) is 5.92 Å². The predicted molar refractivity (Wildman–Crippen MR) is 62.1 cm³/mol. The summed E-state index contributed by atoms with van der Waals surface area (Å²) in [5.74, 6) is 2.53. The highest BCUT2D eigenvalue weighted by molar-refractivity contribution is 5.15. The van der Waals surface area contributed by atoms with Crippen LogP contribution in [0, 0.1) is 12.3 Å². The normalized spacial score (nSPS) is 21.4. The van der Waals surface area contributed by atoms with E-state index in [1.807, 2.05) is 30.3 Å². The van der Waals surface area contributed by atoms with Crippen LogP contribution >= 0.6 is 0 Å². The van der Waals surface area contributed by atoms with Crippen LogP contribution in [-0.2, 0) is 16.0 Å². The van der Waals surface area contributed by atoms with Crippen LogP contribution in [0.1, 0.15) is 5.56 Å². The van der Waals surface area contributed by atoms with Crippen molar-refractivity contribution in [3.8, 4) is 12.3 Å². The van der Waals surface area contributed by atoms with Gasteiger partial charge >= 0.3 is 0 Å². The minimum atomic E-state index is -0.488. The Morgan fingerprint density at radius 3 is 2.82 bits per heavy atom. The van der Waals surface area contributed by atoms with Crippen molar-refractivity contribution in [1.82, 2.24) is 5.06 Å². The number of nitrogens with zero attached hydrogens (tertiary/aromatic N) is 1. The summed E-state index contributed by atoms with van der Waals surface area (Å²) < 4.78 is 10.4. The predicted octanol–water partition coefficient (Wildman–Crippen LogP) is 1.25. The molecule has 1 aliphatic heterocycles. The average Bonchev–Trinajstić information content (AvgIpc) is 2.85. The van der Waals surface area contributed by atoms with E-state index in [4.69, 9.17) is 15.9 Å². The third-order valence-electron chi connectivity index (χ3n) is 2.68. The number of benzene rings is 1. The van der Waals surface area contributed by atoms with Crippen molar-refractivity contribution in [1.29, 1.82) is 0 Å². The first-order chi connectivity index (χ1) is 8.31. The van der Waals surface area contributed by atoms with Crippen LogP contribution in [0.2, 0.25) is 0 Å². The Balaban J connectivity index is 1.98. The molecule has 2 rings (SSSR count). The summed E-state index contributed by atoms with van der Waals surface area (Å²) in [5.41, 5.74) is 0.995. The molecular weight excluding hydrogens is 218 g/mol. The number of hydrogen-bond donors (Lipinski definition) is 1. The van der Waals surface area contributed by atoms with Gasteiger partial charge in [0.1, 0.15) is 18.9 Å². The van der Waals surface area contributed by atoms with Crippen LogP contribution in [0.5, 0.6) is 0 Å². The minimum Gasteiger partial charge on any atom is -0.353 e. The fraction of sp³-hybridized carbons (Fsp3) is 0.385. The molecule has 0 spiro atoms. The molecule has 1 fully saturated rings. The van der Waals surface area contributed by atoms with Gasteiger partial charge in [-0.2, -0.15) is 5.06 Å². The summed E-state index contributed by atoms with van der Waals surface area (Å²) in [6.07, 6.45) is 5.15. The maximum atomic E-state index is 9.98. The smallest absolute Gasteiger partial charge is 0.147 e. The van der Waals surface area contributed by atoms with Gasteiger partial charge in [0.05, 0.1) is 13.2 Å². The fourth-order valence-electron chi connectivity index (χ4n) is 1.78. The van der Waals surface area contributed by atoms with Crippen LogP contribution in [0.15, 0.2) is 30.3 Å². The summed E-state index contributed by atoms with van der Waals surface area (Å²) in [5, 5.41) is 11.1. The molecule has 0 aliphatic carbocycles. The zero-order chi connectivity index (χ0) is 12.1. The van der Waals surface area contributed by atoms with E-state index in [9.17, 15) is 5.21 Å². The third-order valence-corrected chi connectivity index (χ3v) is 2.68. The van der Waals surface area contributed by atoms with Crippen molar-refractivity contribution < 1.29 is 14.7 Å². The summed E-state index contributed by atoms with van der Waals surface area (Å²) in [7, 11) is 0. The maximum Gasteiger partial charge on any atom is 0.147 e. The molecule has 0 saturated carbocycles. The highest BCUT2D eigenvalue weighted by atomic mass is 16.7. The molecule has 0 aromatic heterocycles. The highest BCUT2D eigenvalue weighted by Gasteiger charge is 2.29. The molecule has 0 bridgehead atoms. The molecule has 90 valence electrons. The largest absolute Gasteiger partial charge is 0.353 e. The standard InChI is InChI=1S/C13H15NO3/c1-2-12(13-9-16-10-17-13)14(15)8-11-6-4-3-5-7-11/h1,3-7,12-13,15H,8-10H2/t12-,13+/m0/s1. The molecule has 1 N–H and O–H groups in total. The van der Waals surface area contributed by atoms with E-state index in [0.717, 1.165) is 10.6 Å². The molecule has 1 aliphatic rings. The quantitative estimate of drug-likeness (QED) is 0.628. The van der Waals surface area contributed by atoms with E-state index in [-0.39, 0.29) is 12.9 Å². The summed E-state index contributed by atoms with van der Waals surface area (Å²) in [6, 6.07) is 9.15. The van der Waals surface area contributed by atoms with Gasteiger partial charge in [0.15, 0.2) is 0 Å². The van der Waals surface area contributed by atoms with E-state index < -0.39 is 6.04 Å². The molecular formula is C13H15NO3. The van der Waals surface area contributed by atoms with Crippen molar-refractivity contribution in [2.75, 3.05) is 13.4 Å². The minimum absolute atomic E-state index is 0.238. The van der Waals surface area contributed by atoms with Crippen molar-refractivity contribution in [3.63, 3.8) is 0 Å². The van der Waals surface area contributed by atoms with Gasteiger partial charge in [0.25, 0.3) is 0 Å². The second-order valence-corrected chi connectivity index (χ2v) is 3.89. The van der Waals surface area contributed by atoms with Crippen LogP contribution in [-0.4, -0.2) is 35.8 Å². The topological polar surface area (TPSA) is 41.9 Å². The molecule has 0 unspecified atom stereocenters. The summed E-state index contributed by atoms with van der Waals surface area (Å²) >= 11 is 0. The van der Waals surface area contributed by atoms with Gasteiger partial charge in [-0.05, 0) is 5.56 Å². The van der Waals surface area contributed by atoms with Gasteiger partial charge in [0.2, 0.25) is 0 Å². The van der Waals surface area contributed by atoms with E-state index in [1.54, 1.807) is 0 Å². The van der Waals surface area contributed by atoms with Crippen LogP contribution in [0.25, 0.3) is 0 Å². The first-order valence-corrected chi connectivity index (χ1v) is 5.46. The lowest BCUT2D eigenvalue weighted by molar-refractivity contribution is -0.145. The lowest BCUT2D eigenvalue weighted by Gasteiger charge is -2.25. The first kappa shape index (κ1) is 12.1. The second-order valence-electron chi connectivity index (χ2n) is 3.89. The van der Waals surface area contributed by atoms with E-state index >= 15 is 0 Å². The molecule has 1 saturated heterocycles. The molecule has 1 heterocycles. The first-order valence-electron chi connectivity index (χ1n) is 5.46. The van der Waals surface area contributed by atoms with Crippen LogP contribution in [0.4, 0.5) is 0 Å².